The van der Waals surface area contributed by atoms with Crippen LogP contribution in [0.25, 0.3) is 0 Å². The van der Waals surface area contributed by atoms with Crippen LogP contribution in [-0.4, -0.2) is 18.5 Å². The van der Waals surface area contributed by atoms with Crippen LogP contribution in [-0.2, 0) is 4.79 Å². The first-order valence-electron chi connectivity index (χ1n) is 7.61. The van der Waals surface area contributed by atoms with Crippen molar-refractivity contribution in [1.29, 1.82) is 0 Å². The van der Waals surface area contributed by atoms with Gasteiger partial charge in [0.05, 0.1) is 0 Å². The topological polar surface area (TPSA) is 55.1 Å². The Morgan fingerprint density at radius 2 is 1.84 bits per heavy atom. The van der Waals surface area contributed by atoms with Crippen LogP contribution >= 0.6 is 12.4 Å². The third-order valence-corrected chi connectivity index (χ3v) is 4.94. The molecular weight excluding hydrogens is 260 g/mol. The lowest BCUT2D eigenvalue weighted by atomic mass is 9.82. The molecule has 3 nitrogen and oxygen atoms in total. The summed E-state index contributed by atoms with van der Waals surface area (Å²) in [5.41, 5.74) is 6.44. The Morgan fingerprint density at radius 3 is 2.47 bits per heavy atom. The van der Waals surface area contributed by atoms with E-state index in [1.807, 2.05) is 0 Å². The fraction of sp³-hybridized carbons (Fsp3) is 0.933. The highest BCUT2D eigenvalue weighted by Crippen LogP contribution is 2.36. The summed E-state index contributed by atoms with van der Waals surface area (Å²) in [5.74, 6) is 0.626. The van der Waals surface area contributed by atoms with E-state index < -0.39 is 0 Å². The normalized spacial score (nSPS) is 29.6. The fourth-order valence-electron chi connectivity index (χ4n) is 3.52. The number of amides is 1. The molecule has 2 aliphatic rings. The first kappa shape index (κ1) is 16.8. The molecule has 0 heterocycles. The van der Waals surface area contributed by atoms with Gasteiger partial charge in [0.25, 0.3) is 0 Å². The van der Waals surface area contributed by atoms with Crippen LogP contribution in [0.1, 0.15) is 64.7 Å². The molecule has 2 unspecified atom stereocenters. The molecule has 0 aliphatic heterocycles. The van der Waals surface area contributed by atoms with Gasteiger partial charge in [-0.1, -0.05) is 32.6 Å². The van der Waals surface area contributed by atoms with Gasteiger partial charge in [-0.15, -0.1) is 12.4 Å². The summed E-state index contributed by atoms with van der Waals surface area (Å²) >= 11 is 0. The highest BCUT2D eigenvalue weighted by atomic mass is 35.5. The summed E-state index contributed by atoms with van der Waals surface area (Å²) in [6.07, 6.45) is 10.5. The molecule has 2 aliphatic carbocycles. The van der Waals surface area contributed by atoms with Crippen molar-refractivity contribution in [2.75, 3.05) is 6.54 Å². The van der Waals surface area contributed by atoms with Crippen molar-refractivity contribution in [3.8, 4) is 0 Å². The molecule has 19 heavy (non-hydrogen) atoms. The van der Waals surface area contributed by atoms with Gasteiger partial charge in [0.1, 0.15) is 0 Å². The van der Waals surface area contributed by atoms with E-state index in [0.717, 1.165) is 19.4 Å². The highest BCUT2D eigenvalue weighted by Gasteiger charge is 2.30. The Hall–Kier alpha value is -0.280. The van der Waals surface area contributed by atoms with Gasteiger partial charge in [0, 0.05) is 19.0 Å². The third kappa shape index (κ3) is 4.96. The largest absolute Gasteiger partial charge is 0.356 e. The van der Waals surface area contributed by atoms with Gasteiger partial charge in [-0.3, -0.25) is 4.79 Å². The van der Waals surface area contributed by atoms with E-state index in [9.17, 15) is 4.79 Å². The zero-order valence-corrected chi connectivity index (χ0v) is 12.9. The minimum Gasteiger partial charge on any atom is -0.356 e. The number of carbonyl (C=O) groups is 1. The molecule has 112 valence electrons. The first-order chi connectivity index (χ1) is 8.59. The minimum absolute atomic E-state index is 0. The number of nitrogens with two attached hydrogens (primary N) is 1. The molecule has 2 fully saturated rings. The zero-order valence-electron chi connectivity index (χ0n) is 12.1. The second-order valence-electron chi connectivity index (χ2n) is 6.71. The molecule has 0 radical (unpaired) electrons. The van der Waals surface area contributed by atoms with Gasteiger partial charge in [0.2, 0.25) is 5.91 Å². The van der Waals surface area contributed by atoms with Crippen molar-refractivity contribution >= 4 is 18.3 Å². The number of rotatable bonds is 4. The van der Waals surface area contributed by atoms with Gasteiger partial charge < -0.3 is 11.1 Å². The Kier molecular flexibility index (Phi) is 6.61. The Bertz CT molecular complexity index is 290. The molecule has 0 aromatic rings. The maximum absolute atomic E-state index is 12.0. The SMILES string of the molecule is CC1(CNC(=O)CC2CCCCC2N)CCCC1.Cl. The molecule has 2 atom stereocenters. The van der Waals surface area contributed by atoms with Crippen LogP contribution < -0.4 is 11.1 Å². The van der Waals surface area contributed by atoms with E-state index in [0.29, 0.717) is 17.8 Å². The number of nitrogens with one attached hydrogen (secondary N) is 1. The smallest absolute Gasteiger partial charge is 0.220 e. The summed E-state index contributed by atoms with van der Waals surface area (Å²) < 4.78 is 0. The molecular formula is C15H29ClN2O. The minimum atomic E-state index is 0. The summed E-state index contributed by atoms with van der Waals surface area (Å²) in [6, 6.07) is 0.242. The molecule has 0 saturated heterocycles. The number of carbonyl (C=O) groups excluding carboxylic acids is 1. The van der Waals surface area contributed by atoms with E-state index in [4.69, 9.17) is 5.73 Å². The maximum atomic E-state index is 12.0. The van der Waals surface area contributed by atoms with Crippen LogP contribution in [0.3, 0.4) is 0 Å². The van der Waals surface area contributed by atoms with Crippen molar-refractivity contribution in [2.45, 2.75) is 70.8 Å². The van der Waals surface area contributed by atoms with E-state index in [-0.39, 0.29) is 24.4 Å². The van der Waals surface area contributed by atoms with E-state index in [1.165, 1.54) is 38.5 Å². The van der Waals surface area contributed by atoms with Crippen molar-refractivity contribution in [3.05, 3.63) is 0 Å². The summed E-state index contributed by atoms with van der Waals surface area (Å²) in [5, 5.41) is 3.14. The maximum Gasteiger partial charge on any atom is 0.220 e. The first-order valence-corrected chi connectivity index (χ1v) is 7.61. The van der Waals surface area contributed by atoms with Crippen LogP contribution in [0.4, 0.5) is 0 Å². The quantitative estimate of drug-likeness (QED) is 0.835. The summed E-state index contributed by atoms with van der Waals surface area (Å²) in [6.45, 7) is 3.15. The zero-order chi connectivity index (χ0) is 13.0. The molecule has 0 aromatic heterocycles. The monoisotopic (exact) mass is 288 g/mol. The lowest BCUT2D eigenvalue weighted by Crippen LogP contribution is -2.39. The molecule has 2 rings (SSSR count). The lowest BCUT2D eigenvalue weighted by Gasteiger charge is -2.29. The number of hydrogen-bond acceptors (Lipinski definition) is 2. The number of hydrogen-bond donors (Lipinski definition) is 2. The molecule has 1 amide bonds. The van der Waals surface area contributed by atoms with Gasteiger partial charge in [-0.25, -0.2) is 0 Å². The molecule has 2 saturated carbocycles. The van der Waals surface area contributed by atoms with Gasteiger partial charge in [-0.2, -0.15) is 0 Å². The van der Waals surface area contributed by atoms with E-state index in [2.05, 4.69) is 12.2 Å². The second kappa shape index (κ2) is 7.49. The van der Waals surface area contributed by atoms with Crippen molar-refractivity contribution in [2.24, 2.45) is 17.1 Å². The second-order valence-corrected chi connectivity index (χ2v) is 6.71. The van der Waals surface area contributed by atoms with Crippen LogP contribution in [0, 0.1) is 11.3 Å². The van der Waals surface area contributed by atoms with Gasteiger partial charge >= 0.3 is 0 Å². The van der Waals surface area contributed by atoms with Gasteiger partial charge in [0.15, 0.2) is 0 Å². The predicted molar refractivity (Wildman–Crippen MR) is 81.4 cm³/mol. The Labute approximate surface area is 123 Å². The molecule has 0 spiro atoms. The molecule has 0 aromatic carbocycles. The summed E-state index contributed by atoms with van der Waals surface area (Å²) in [7, 11) is 0. The molecule has 3 N–H and O–H groups in total. The van der Waals surface area contributed by atoms with Crippen LogP contribution in [0.15, 0.2) is 0 Å². The Morgan fingerprint density at radius 1 is 1.21 bits per heavy atom. The lowest BCUT2D eigenvalue weighted by molar-refractivity contribution is -0.122. The standard InChI is InChI=1S/C15H28N2O.ClH/c1-15(8-4-5-9-15)11-17-14(18)10-12-6-2-3-7-13(12)16;/h12-13H,2-11,16H2,1H3,(H,17,18);1H. The average molecular weight is 289 g/mol. The van der Waals surface area contributed by atoms with Crippen molar-refractivity contribution < 1.29 is 4.79 Å². The molecule has 4 heteroatoms. The van der Waals surface area contributed by atoms with Crippen LogP contribution in [0.2, 0.25) is 0 Å². The molecule has 0 bridgehead atoms. The van der Waals surface area contributed by atoms with Crippen molar-refractivity contribution in [1.82, 2.24) is 5.32 Å². The Balaban J connectivity index is 0.00000180. The summed E-state index contributed by atoms with van der Waals surface area (Å²) in [4.78, 5) is 12.0. The van der Waals surface area contributed by atoms with Gasteiger partial charge in [-0.05, 0) is 37.0 Å². The van der Waals surface area contributed by atoms with E-state index >= 15 is 0 Å². The van der Waals surface area contributed by atoms with Crippen molar-refractivity contribution in [3.63, 3.8) is 0 Å². The van der Waals surface area contributed by atoms with Crippen LogP contribution in [0.5, 0.6) is 0 Å². The highest BCUT2D eigenvalue weighted by molar-refractivity contribution is 5.85. The number of halogens is 1. The van der Waals surface area contributed by atoms with E-state index in [1.54, 1.807) is 0 Å². The average Bonchev–Trinajstić information content (AvgIpc) is 2.77. The fourth-order valence-corrected chi connectivity index (χ4v) is 3.52. The third-order valence-electron chi connectivity index (χ3n) is 4.94. The predicted octanol–water partition coefficient (Wildman–Crippen LogP) is 3.01.